The highest BCUT2D eigenvalue weighted by Gasteiger charge is 2.38. The number of pyridine rings is 1. The highest BCUT2D eigenvalue weighted by Crippen LogP contribution is 2.29. The number of carbonyl (C=O) groups is 1. The van der Waals surface area contributed by atoms with Gasteiger partial charge in [0.15, 0.2) is 0 Å². The molecule has 136 valence electrons. The van der Waals surface area contributed by atoms with Crippen LogP contribution in [0.25, 0.3) is 0 Å². The van der Waals surface area contributed by atoms with E-state index in [-0.39, 0.29) is 5.92 Å². The van der Waals surface area contributed by atoms with E-state index in [4.69, 9.17) is 4.74 Å². The molecule has 2 bridgehead atoms. The molecule has 26 heavy (non-hydrogen) atoms. The van der Waals surface area contributed by atoms with Gasteiger partial charge in [0.1, 0.15) is 12.4 Å². The number of amides is 1. The minimum absolute atomic E-state index is 0.155. The summed E-state index contributed by atoms with van der Waals surface area (Å²) in [7, 11) is 1.95. The lowest BCUT2D eigenvalue weighted by Crippen LogP contribution is -2.45. The number of ether oxygens (including phenoxy) is 1. The molecule has 0 aliphatic carbocycles. The largest absolute Gasteiger partial charge is 0.487 e. The first-order valence-electron chi connectivity index (χ1n) is 9.30. The van der Waals surface area contributed by atoms with E-state index in [2.05, 4.69) is 22.0 Å². The fourth-order valence-electron chi connectivity index (χ4n) is 4.01. The van der Waals surface area contributed by atoms with Crippen LogP contribution in [0.2, 0.25) is 0 Å². The molecule has 1 amide bonds. The van der Waals surface area contributed by atoms with Gasteiger partial charge < -0.3 is 9.64 Å². The predicted molar refractivity (Wildman–Crippen MR) is 99.6 cm³/mol. The molecule has 5 heteroatoms. The molecule has 0 radical (unpaired) electrons. The normalized spacial score (nSPS) is 23.1. The first-order valence-corrected chi connectivity index (χ1v) is 9.30. The molecule has 2 atom stereocenters. The number of hydrogen-bond donors (Lipinski definition) is 0. The van der Waals surface area contributed by atoms with Crippen LogP contribution in [0.3, 0.4) is 0 Å². The Labute approximate surface area is 154 Å². The van der Waals surface area contributed by atoms with Gasteiger partial charge in [-0.2, -0.15) is 0 Å². The lowest BCUT2D eigenvalue weighted by atomic mass is 9.95. The maximum atomic E-state index is 12.4. The zero-order valence-electron chi connectivity index (χ0n) is 15.2. The van der Waals surface area contributed by atoms with Crippen LogP contribution < -0.4 is 4.74 Å². The number of likely N-dealkylation sites (N-methyl/N-ethyl adjacent to an activating group) is 1. The molecule has 0 spiro atoms. The van der Waals surface area contributed by atoms with Gasteiger partial charge >= 0.3 is 0 Å². The average molecular weight is 351 g/mol. The Morgan fingerprint density at radius 3 is 2.92 bits per heavy atom. The van der Waals surface area contributed by atoms with E-state index in [9.17, 15) is 4.79 Å². The lowest BCUT2D eigenvalue weighted by Gasteiger charge is -2.32. The summed E-state index contributed by atoms with van der Waals surface area (Å²) in [6.45, 7) is 3.14. The third-order valence-corrected chi connectivity index (χ3v) is 5.46. The van der Waals surface area contributed by atoms with Crippen molar-refractivity contribution < 1.29 is 9.53 Å². The smallest absolute Gasteiger partial charge is 0.227 e. The topological polar surface area (TPSA) is 45.7 Å². The fourth-order valence-corrected chi connectivity index (χ4v) is 4.01. The van der Waals surface area contributed by atoms with Crippen LogP contribution in [0.4, 0.5) is 0 Å². The van der Waals surface area contributed by atoms with Gasteiger partial charge in [0.2, 0.25) is 5.91 Å². The zero-order chi connectivity index (χ0) is 17.9. The van der Waals surface area contributed by atoms with Crippen molar-refractivity contribution in [2.75, 3.05) is 20.1 Å². The average Bonchev–Trinajstić information content (AvgIpc) is 2.93. The Morgan fingerprint density at radius 2 is 2.08 bits per heavy atom. The van der Waals surface area contributed by atoms with E-state index in [0.717, 1.165) is 43.9 Å². The van der Waals surface area contributed by atoms with Crippen molar-refractivity contribution in [3.63, 3.8) is 0 Å². The third-order valence-electron chi connectivity index (χ3n) is 5.46. The van der Waals surface area contributed by atoms with E-state index in [1.807, 2.05) is 42.3 Å². The van der Waals surface area contributed by atoms with Gasteiger partial charge in [0.25, 0.3) is 0 Å². The van der Waals surface area contributed by atoms with E-state index in [0.29, 0.717) is 18.6 Å². The molecule has 0 unspecified atom stereocenters. The van der Waals surface area contributed by atoms with Crippen molar-refractivity contribution >= 4 is 5.91 Å². The number of rotatable bonds is 5. The van der Waals surface area contributed by atoms with Gasteiger partial charge in [0, 0.05) is 38.9 Å². The number of benzene rings is 1. The quantitative estimate of drug-likeness (QED) is 0.831. The number of carbonyl (C=O) groups excluding carboxylic acids is 1. The van der Waals surface area contributed by atoms with Crippen molar-refractivity contribution in [1.29, 1.82) is 0 Å². The Morgan fingerprint density at radius 1 is 1.15 bits per heavy atom. The molecule has 1 aromatic carbocycles. The monoisotopic (exact) mass is 351 g/mol. The lowest BCUT2D eigenvalue weighted by molar-refractivity contribution is -0.138. The Kier molecular flexibility index (Phi) is 4.89. The van der Waals surface area contributed by atoms with Gasteiger partial charge in [-0.1, -0.05) is 18.2 Å². The number of fused-ring (bicyclic) bond motifs is 4. The number of hydrogen-bond acceptors (Lipinski definition) is 4. The summed E-state index contributed by atoms with van der Waals surface area (Å²) in [5.41, 5.74) is 2.14. The minimum atomic E-state index is 0.155. The highest BCUT2D eigenvalue weighted by atomic mass is 16.5. The predicted octanol–water partition coefficient (Wildman–Crippen LogP) is 2.71. The summed E-state index contributed by atoms with van der Waals surface area (Å²) in [4.78, 5) is 21.0. The summed E-state index contributed by atoms with van der Waals surface area (Å²) in [6.07, 6.45) is 3.93. The van der Waals surface area contributed by atoms with Gasteiger partial charge in [0.05, 0.1) is 11.6 Å². The SMILES string of the molecule is CN1C(=O)[C@H]2CC[C@@H]1CN(Cc1cccc(OCc3ccccn3)c1)C2. The van der Waals surface area contributed by atoms with Crippen molar-refractivity contribution in [1.82, 2.24) is 14.8 Å². The zero-order valence-corrected chi connectivity index (χ0v) is 15.2. The van der Waals surface area contributed by atoms with E-state index < -0.39 is 0 Å². The van der Waals surface area contributed by atoms with Crippen molar-refractivity contribution in [2.45, 2.75) is 32.0 Å². The number of piperidine rings is 1. The Balaban J connectivity index is 1.40. The molecule has 3 saturated heterocycles. The molecule has 3 aliphatic heterocycles. The van der Waals surface area contributed by atoms with Gasteiger partial charge in [-0.3, -0.25) is 14.7 Å². The summed E-state index contributed by atoms with van der Waals surface area (Å²) in [5, 5.41) is 0. The van der Waals surface area contributed by atoms with Crippen LogP contribution in [0.15, 0.2) is 48.7 Å². The van der Waals surface area contributed by atoms with Crippen LogP contribution in [0.1, 0.15) is 24.1 Å². The summed E-state index contributed by atoms with van der Waals surface area (Å²) in [6, 6.07) is 14.4. The van der Waals surface area contributed by atoms with E-state index in [1.165, 1.54) is 5.56 Å². The van der Waals surface area contributed by atoms with Crippen LogP contribution in [0.5, 0.6) is 5.75 Å². The third kappa shape index (κ3) is 3.73. The van der Waals surface area contributed by atoms with Crippen molar-refractivity contribution in [2.24, 2.45) is 5.92 Å². The Hall–Kier alpha value is -2.40. The molecule has 0 N–H and O–H groups in total. The maximum Gasteiger partial charge on any atom is 0.227 e. The van der Waals surface area contributed by atoms with Gasteiger partial charge in [-0.15, -0.1) is 0 Å². The molecule has 5 nitrogen and oxygen atoms in total. The van der Waals surface area contributed by atoms with Crippen LogP contribution in [0, 0.1) is 5.92 Å². The molecule has 1 aromatic heterocycles. The first-order chi connectivity index (χ1) is 12.7. The van der Waals surface area contributed by atoms with Crippen molar-refractivity contribution in [3.8, 4) is 5.75 Å². The van der Waals surface area contributed by atoms with Gasteiger partial charge in [-0.05, 0) is 42.7 Å². The second kappa shape index (κ2) is 7.46. The Bertz CT molecular complexity index is 765. The van der Waals surface area contributed by atoms with Crippen molar-refractivity contribution in [3.05, 3.63) is 59.9 Å². The van der Waals surface area contributed by atoms with E-state index in [1.54, 1.807) is 6.20 Å². The standard InChI is InChI=1S/C21H25N3O2/c1-23-19-9-8-17(21(23)25)13-24(14-19)12-16-5-4-7-20(11-16)26-15-18-6-2-3-10-22-18/h2-7,10-11,17,19H,8-9,12-15H2,1H3/t17-,19+/m0/s1. The molecular weight excluding hydrogens is 326 g/mol. The highest BCUT2D eigenvalue weighted by molar-refractivity contribution is 5.80. The summed E-state index contributed by atoms with van der Waals surface area (Å²) >= 11 is 0. The second-order valence-corrected chi connectivity index (χ2v) is 7.33. The second-order valence-electron chi connectivity index (χ2n) is 7.33. The van der Waals surface area contributed by atoms with Gasteiger partial charge in [-0.25, -0.2) is 0 Å². The first kappa shape index (κ1) is 17.0. The summed E-state index contributed by atoms with van der Waals surface area (Å²) < 4.78 is 5.89. The molecular formula is C21H25N3O2. The summed E-state index contributed by atoms with van der Waals surface area (Å²) in [5.74, 6) is 1.33. The molecule has 3 fully saturated rings. The van der Waals surface area contributed by atoms with Crippen LogP contribution in [-0.2, 0) is 17.9 Å². The molecule has 5 rings (SSSR count). The molecule has 4 heterocycles. The van der Waals surface area contributed by atoms with Crippen LogP contribution in [-0.4, -0.2) is 46.9 Å². The maximum absolute atomic E-state index is 12.4. The molecule has 0 saturated carbocycles. The minimum Gasteiger partial charge on any atom is -0.487 e. The number of nitrogens with zero attached hydrogens (tertiary/aromatic N) is 3. The number of aromatic nitrogens is 1. The molecule has 2 aromatic rings. The fraction of sp³-hybridized carbons (Fsp3) is 0.429. The van der Waals surface area contributed by atoms with E-state index >= 15 is 0 Å². The molecule has 3 aliphatic rings. The van der Waals surface area contributed by atoms with Crippen LogP contribution >= 0.6 is 0 Å².